The molecule has 0 radical (unpaired) electrons. The number of benzene rings is 2. The number of rotatable bonds is 8. The molecule has 1 aromatic heterocycles. The molecule has 3 rings (SSSR count). The van der Waals surface area contributed by atoms with E-state index < -0.39 is 0 Å². The Labute approximate surface area is 153 Å². The second-order valence-corrected chi connectivity index (χ2v) is 7.17. The summed E-state index contributed by atoms with van der Waals surface area (Å²) in [6.45, 7) is 2.24. The quantitative estimate of drug-likeness (QED) is 0.325. The van der Waals surface area contributed by atoms with E-state index in [-0.39, 0.29) is 5.43 Å². The zero-order valence-electron chi connectivity index (χ0n) is 14.8. The van der Waals surface area contributed by atoms with Crippen molar-refractivity contribution in [3.05, 3.63) is 57.2 Å². The summed E-state index contributed by atoms with van der Waals surface area (Å²) in [5.74, 6) is 0. The van der Waals surface area contributed by atoms with Gasteiger partial charge in [-0.25, -0.2) is 0 Å². The molecular weight excluding hydrogens is 332 g/mol. The van der Waals surface area contributed by atoms with E-state index in [0.717, 1.165) is 23.8 Å². The maximum Gasteiger partial charge on any atom is 0.200 e. The van der Waals surface area contributed by atoms with Crippen molar-refractivity contribution < 1.29 is 4.42 Å². The van der Waals surface area contributed by atoms with Gasteiger partial charge in [0.1, 0.15) is 11.2 Å². The summed E-state index contributed by atoms with van der Waals surface area (Å²) >= 11 is 6.02. The van der Waals surface area contributed by atoms with Crippen molar-refractivity contribution in [2.24, 2.45) is 0 Å². The molecule has 0 fully saturated rings. The van der Waals surface area contributed by atoms with Crippen LogP contribution in [0.15, 0.2) is 45.6 Å². The fourth-order valence-electron chi connectivity index (χ4n) is 3.42. The average Bonchev–Trinajstić information content (AvgIpc) is 2.60. The minimum absolute atomic E-state index is 0.0477. The third kappa shape index (κ3) is 4.24. The Hall–Kier alpha value is -1.80. The monoisotopic (exact) mass is 356 g/mol. The van der Waals surface area contributed by atoms with E-state index in [1.54, 1.807) is 18.2 Å². The topological polar surface area (TPSA) is 30.2 Å². The summed E-state index contributed by atoms with van der Waals surface area (Å²) in [5, 5.41) is 1.90. The fourth-order valence-corrected chi connectivity index (χ4v) is 3.58. The van der Waals surface area contributed by atoms with Crippen LogP contribution < -0.4 is 5.43 Å². The summed E-state index contributed by atoms with van der Waals surface area (Å²) in [6.07, 6.45) is 9.81. The van der Waals surface area contributed by atoms with Gasteiger partial charge in [-0.15, -0.1) is 0 Å². The van der Waals surface area contributed by atoms with E-state index in [1.807, 2.05) is 12.1 Å². The summed E-state index contributed by atoms with van der Waals surface area (Å²) < 4.78 is 5.94. The Bertz CT molecular complexity index is 911. The third-order valence-electron chi connectivity index (χ3n) is 4.80. The zero-order valence-corrected chi connectivity index (χ0v) is 15.6. The van der Waals surface area contributed by atoms with Crippen LogP contribution in [0.4, 0.5) is 0 Å². The first-order valence-electron chi connectivity index (χ1n) is 9.34. The van der Waals surface area contributed by atoms with Crippen LogP contribution in [0.3, 0.4) is 0 Å². The molecule has 0 spiro atoms. The first kappa shape index (κ1) is 18.0. The van der Waals surface area contributed by atoms with Gasteiger partial charge < -0.3 is 4.42 Å². The molecule has 0 unspecified atom stereocenters. The van der Waals surface area contributed by atoms with Crippen LogP contribution in [0.5, 0.6) is 0 Å². The predicted octanol–water partition coefficient (Wildman–Crippen LogP) is 6.89. The summed E-state index contributed by atoms with van der Waals surface area (Å²) in [4.78, 5) is 12.9. The molecule has 2 nitrogen and oxygen atoms in total. The molecule has 3 aromatic rings. The number of hydrogen-bond acceptors (Lipinski definition) is 2. The molecule has 0 N–H and O–H groups in total. The zero-order chi connectivity index (χ0) is 17.6. The molecule has 0 saturated heterocycles. The number of aryl methyl sites for hydroxylation is 1. The molecule has 132 valence electrons. The third-order valence-corrected chi connectivity index (χ3v) is 5.03. The highest BCUT2D eigenvalue weighted by Crippen LogP contribution is 2.24. The van der Waals surface area contributed by atoms with Gasteiger partial charge in [-0.2, -0.15) is 0 Å². The Morgan fingerprint density at radius 3 is 2.48 bits per heavy atom. The highest BCUT2D eigenvalue weighted by molar-refractivity contribution is 6.31. The molecule has 2 aromatic carbocycles. The first-order valence-corrected chi connectivity index (χ1v) is 9.72. The van der Waals surface area contributed by atoms with Crippen LogP contribution in [0.2, 0.25) is 5.02 Å². The van der Waals surface area contributed by atoms with Gasteiger partial charge in [-0.3, -0.25) is 4.79 Å². The standard InChI is InChI=1S/C22H25ClO2/c1-2-3-4-5-6-7-8-10-16-11-9-12-19-21(16)22(24)18-14-13-17(23)15-20(18)25-19/h9,11-15H,2-8,10H2,1H3. The maximum atomic E-state index is 12.9. The van der Waals surface area contributed by atoms with E-state index in [1.165, 1.54) is 38.5 Å². The number of hydrogen-bond donors (Lipinski definition) is 0. The van der Waals surface area contributed by atoms with Crippen LogP contribution in [-0.2, 0) is 6.42 Å². The molecule has 0 atom stereocenters. The smallest absolute Gasteiger partial charge is 0.200 e. The van der Waals surface area contributed by atoms with Crippen molar-refractivity contribution >= 4 is 33.5 Å². The van der Waals surface area contributed by atoms with E-state index in [9.17, 15) is 4.79 Å². The van der Waals surface area contributed by atoms with Gasteiger partial charge >= 0.3 is 0 Å². The Kier molecular flexibility index (Phi) is 6.14. The summed E-state index contributed by atoms with van der Waals surface area (Å²) in [7, 11) is 0. The van der Waals surface area contributed by atoms with Gasteiger partial charge in [-0.1, -0.05) is 69.2 Å². The summed E-state index contributed by atoms with van der Waals surface area (Å²) in [6, 6.07) is 11.1. The second-order valence-electron chi connectivity index (χ2n) is 6.73. The minimum atomic E-state index is 0.0477. The molecular formula is C22H25ClO2. The van der Waals surface area contributed by atoms with Crippen molar-refractivity contribution in [2.75, 3.05) is 0 Å². The van der Waals surface area contributed by atoms with Crippen molar-refractivity contribution in [3.63, 3.8) is 0 Å². The second kappa shape index (κ2) is 8.53. The Morgan fingerprint density at radius 2 is 1.68 bits per heavy atom. The largest absolute Gasteiger partial charge is 0.456 e. The van der Waals surface area contributed by atoms with Gasteiger partial charge in [0.15, 0.2) is 0 Å². The highest BCUT2D eigenvalue weighted by atomic mass is 35.5. The SMILES string of the molecule is CCCCCCCCCc1cccc2oc3cc(Cl)ccc3c(=O)c12. The molecule has 1 heterocycles. The number of fused-ring (bicyclic) bond motifs is 2. The normalized spacial score (nSPS) is 11.4. The van der Waals surface area contributed by atoms with Crippen molar-refractivity contribution in [1.29, 1.82) is 0 Å². The highest BCUT2D eigenvalue weighted by Gasteiger charge is 2.11. The van der Waals surface area contributed by atoms with Gasteiger partial charge in [0.2, 0.25) is 5.43 Å². The van der Waals surface area contributed by atoms with Crippen molar-refractivity contribution in [3.8, 4) is 0 Å². The van der Waals surface area contributed by atoms with Gasteiger partial charge in [0, 0.05) is 11.1 Å². The lowest BCUT2D eigenvalue weighted by molar-refractivity contribution is 0.589. The fraction of sp³-hybridized carbons (Fsp3) is 0.409. The minimum Gasteiger partial charge on any atom is -0.456 e. The molecule has 3 heteroatoms. The lowest BCUT2D eigenvalue weighted by Crippen LogP contribution is -2.05. The molecule has 0 aliphatic heterocycles. The van der Waals surface area contributed by atoms with Crippen LogP contribution in [0, 0.1) is 0 Å². The van der Waals surface area contributed by atoms with Gasteiger partial charge in [0.25, 0.3) is 0 Å². The molecule has 0 amide bonds. The first-order chi connectivity index (χ1) is 12.2. The van der Waals surface area contributed by atoms with Crippen LogP contribution in [-0.4, -0.2) is 0 Å². The van der Waals surface area contributed by atoms with E-state index in [2.05, 4.69) is 13.0 Å². The van der Waals surface area contributed by atoms with Gasteiger partial charge in [0.05, 0.1) is 10.8 Å². The average molecular weight is 357 g/mol. The van der Waals surface area contributed by atoms with E-state index >= 15 is 0 Å². The van der Waals surface area contributed by atoms with Crippen LogP contribution in [0.1, 0.15) is 57.4 Å². The predicted molar refractivity (Wildman–Crippen MR) is 107 cm³/mol. The molecule has 0 saturated carbocycles. The van der Waals surface area contributed by atoms with Crippen LogP contribution >= 0.6 is 11.6 Å². The van der Waals surface area contributed by atoms with Crippen molar-refractivity contribution in [1.82, 2.24) is 0 Å². The molecule has 0 aliphatic carbocycles. The van der Waals surface area contributed by atoms with Gasteiger partial charge in [-0.05, 0) is 36.6 Å². The molecule has 25 heavy (non-hydrogen) atoms. The van der Waals surface area contributed by atoms with Crippen LogP contribution in [0.25, 0.3) is 21.9 Å². The number of unbranched alkanes of at least 4 members (excludes halogenated alkanes) is 6. The Balaban J connectivity index is 1.79. The lowest BCUT2D eigenvalue weighted by atomic mass is 10.00. The number of halogens is 1. The maximum absolute atomic E-state index is 12.9. The molecule has 0 aliphatic rings. The van der Waals surface area contributed by atoms with Crippen molar-refractivity contribution in [2.45, 2.75) is 58.3 Å². The molecule has 0 bridgehead atoms. The van der Waals surface area contributed by atoms with E-state index in [4.69, 9.17) is 16.0 Å². The van der Waals surface area contributed by atoms with E-state index in [0.29, 0.717) is 21.6 Å². The lowest BCUT2D eigenvalue weighted by Gasteiger charge is -2.07. The summed E-state index contributed by atoms with van der Waals surface area (Å²) in [5.41, 5.74) is 2.35. The Morgan fingerprint density at radius 1 is 0.920 bits per heavy atom.